The molecule has 0 heterocycles. The highest BCUT2D eigenvalue weighted by Crippen LogP contribution is 2.40. The van der Waals surface area contributed by atoms with Crippen molar-refractivity contribution in [2.45, 2.75) is 52.9 Å². The SMILES string of the molecule is C=C1C(C)/C=C\[C@H](C)CCC2=C(CCC=C2)C1C/C(I)=C\C. The monoisotopic (exact) mass is 408 g/mol. The zero-order valence-corrected chi connectivity index (χ0v) is 16.4. The molecule has 2 aliphatic carbocycles. The van der Waals surface area contributed by atoms with E-state index in [1.165, 1.54) is 34.8 Å². The first-order chi connectivity index (χ1) is 10.5. The van der Waals surface area contributed by atoms with Gasteiger partial charge in [0.15, 0.2) is 0 Å². The first kappa shape index (κ1) is 17.8. The van der Waals surface area contributed by atoms with E-state index in [1.54, 1.807) is 11.1 Å². The van der Waals surface area contributed by atoms with E-state index >= 15 is 0 Å². The van der Waals surface area contributed by atoms with Crippen LogP contribution >= 0.6 is 22.6 Å². The molecule has 22 heavy (non-hydrogen) atoms. The van der Waals surface area contributed by atoms with Crippen LogP contribution in [0.15, 0.2) is 57.3 Å². The van der Waals surface area contributed by atoms with Crippen molar-refractivity contribution in [2.24, 2.45) is 17.8 Å². The summed E-state index contributed by atoms with van der Waals surface area (Å²) in [5.74, 6) is 1.63. The van der Waals surface area contributed by atoms with Gasteiger partial charge in [0.25, 0.3) is 0 Å². The van der Waals surface area contributed by atoms with Crippen LogP contribution in [0.1, 0.15) is 52.9 Å². The average Bonchev–Trinajstić information content (AvgIpc) is 2.54. The molecule has 1 heteroatoms. The molecule has 0 fully saturated rings. The minimum atomic E-state index is 0.464. The predicted molar refractivity (Wildman–Crippen MR) is 107 cm³/mol. The fourth-order valence-corrected chi connectivity index (χ4v) is 3.88. The minimum Gasteiger partial charge on any atom is -0.0987 e. The summed E-state index contributed by atoms with van der Waals surface area (Å²) in [6.45, 7) is 11.3. The molecule has 0 saturated heterocycles. The quantitative estimate of drug-likeness (QED) is 0.336. The van der Waals surface area contributed by atoms with E-state index in [9.17, 15) is 0 Å². The van der Waals surface area contributed by atoms with Crippen molar-refractivity contribution in [1.29, 1.82) is 0 Å². The van der Waals surface area contributed by atoms with E-state index in [1.807, 2.05) is 0 Å². The molecule has 0 N–H and O–H groups in total. The summed E-state index contributed by atoms with van der Waals surface area (Å²) in [5, 5.41) is 0. The topological polar surface area (TPSA) is 0 Å². The van der Waals surface area contributed by atoms with E-state index in [-0.39, 0.29) is 0 Å². The third-order valence-electron chi connectivity index (χ3n) is 5.07. The predicted octanol–water partition coefficient (Wildman–Crippen LogP) is 7.16. The molecule has 2 aliphatic rings. The van der Waals surface area contributed by atoms with Gasteiger partial charge in [-0.3, -0.25) is 0 Å². The second-order valence-electron chi connectivity index (χ2n) is 6.75. The molecule has 0 saturated carbocycles. The molecular formula is C21H29I. The van der Waals surface area contributed by atoms with Crippen LogP contribution in [0.25, 0.3) is 0 Å². The summed E-state index contributed by atoms with van der Waals surface area (Å²) >= 11 is 2.49. The third-order valence-corrected chi connectivity index (χ3v) is 6.14. The number of hydrogen-bond donors (Lipinski definition) is 0. The molecule has 0 radical (unpaired) electrons. The van der Waals surface area contributed by atoms with E-state index < -0.39 is 0 Å². The highest BCUT2D eigenvalue weighted by molar-refractivity contribution is 14.1. The Morgan fingerprint density at radius 3 is 2.82 bits per heavy atom. The molecular weight excluding hydrogens is 379 g/mol. The highest BCUT2D eigenvalue weighted by Gasteiger charge is 2.25. The van der Waals surface area contributed by atoms with Gasteiger partial charge in [0, 0.05) is 5.92 Å². The maximum atomic E-state index is 4.51. The standard InChI is InChI=1S/C21H29I/c1-5-19(22)14-21-17(4)16(3)12-10-15(2)11-13-18-8-6-7-9-20(18)21/h5-6,8,10,12,15-16,21H,4,7,9,11,13-14H2,1-3H3/b12-10-,19-5+/t15-,16?,21?/m0/s1. The van der Waals surface area contributed by atoms with Crippen LogP contribution in [0.2, 0.25) is 0 Å². The Morgan fingerprint density at radius 2 is 2.09 bits per heavy atom. The summed E-state index contributed by atoms with van der Waals surface area (Å²) in [7, 11) is 0. The van der Waals surface area contributed by atoms with Gasteiger partial charge in [-0.25, -0.2) is 0 Å². The second kappa shape index (κ2) is 8.33. The van der Waals surface area contributed by atoms with Gasteiger partial charge >= 0.3 is 0 Å². The Morgan fingerprint density at radius 1 is 1.32 bits per heavy atom. The van der Waals surface area contributed by atoms with E-state index in [0.717, 1.165) is 6.42 Å². The van der Waals surface area contributed by atoms with E-state index in [0.29, 0.717) is 17.8 Å². The summed E-state index contributed by atoms with van der Waals surface area (Å²) in [6, 6.07) is 0. The van der Waals surface area contributed by atoms with E-state index in [4.69, 9.17) is 0 Å². The fraction of sp³-hybridized carbons (Fsp3) is 0.524. The number of rotatable bonds is 2. The van der Waals surface area contributed by atoms with Crippen LogP contribution in [0.5, 0.6) is 0 Å². The van der Waals surface area contributed by atoms with Gasteiger partial charge < -0.3 is 0 Å². The molecule has 0 aromatic rings. The summed E-state index contributed by atoms with van der Waals surface area (Å²) in [5.41, 5.74) is 4.65. The van der Waals surface area contributed by atoms with Crippen LogP contribution in [-0.2, 0) is 0 Å². The number of halogens is 1. The molecule has 0 nitrogen and oxygen atoms in total. The van der Waals surface area contributed by atoms with Crippen molar-refractivity contribution in [1.82, 2.24) is 0 Å². The van der Waals surface area contributed by atoms with Crippen LogP contribution < -0.4 is 0 Å². The maximum absolute atomic E-state index is 4.51. The van der Waals surface area contributed by atoms with Gasteiger partial charge in [0.2, 0.25) is 0 Å². The Kier molecular flexibility index (Phi) is 6.73. The zero-order chi connectivity index (χ0) is 16.1. The smallest absolute Gasteiger partial charge is 0.00607 e. The third kappa shape index (κ3) is 4.47. The number of allylic oxidation sites excluding steroid dienone is 9. The molecule has 2 unspecified atom stereocenters. The normalized spacial score (nSPS) is 31.9. The summed E-state index contributed by atoms with van der Waals surface area (Å²) < 4.78 is 1.45. The molecule has 0 bridgehead atoms. The van der Waals surface area contributed by atoms with Crippen LogP contribution in [-0.4, -0.2) is 0 Å². The Bertz CT molecular complexity index is 530. The molecule has 0 amide bonds. The second-order valence-corrected chi connectivity index (χ2v) is 8.13. The summed E-state index contributed by atoms with van der Waals surface area (Å²) in [6.07, 6.45) is 17.8. The van der Waals surface area contributed by atoms with Crippen molar-refractivity contribution < 1.29 is 0 Å². The lowest BCUT2D eigenvalue weighted by molar-refractivity contribution is 0.577. The summed E-state index contributed by atoms with van der Waals surface area (Å²) in [4.78, 5) is 0. The van der Waals surface area contributed by atoms with Gasteiger partial charge in [-0.1, -0.05) is 62.0 Å². The molecule has 0 spiro atoms. The van der Waals surface area contributed by atoms with Gasteiger partial charge in [-0.2, -0.15) is 0 Å². The first-order valence-corrected chi connectivity index (χ1v) is 9.67. The fourth-order valence-electron chi connectivity index (χ4n) is 3.44. The van der Waals surface area contributed by atoms with E-state index in [2.05, 4.69) is 80.3 Å². The maximum Gasteiger partial charge on any atom is 0.00607 e. The largest absolute Gasteiger partial charge is 0.0987 e. The van der Waals surface area contributed by atoms with Gasteiger partial charge in [-0.05, 0) is 82.6 Å². The molecule has 120 valence electrons. The Hall–Kier alpha value is -0.570. The van der Waals surface area contributed by atoms with Crippen molar-refractivity contribution >= 4 is 22.6 Å². The van der Waals surface area contributed by atoms with Gasteiger partial charge in [0.05, 0.1) is 0 Å². The Balaban J connectivity index is 2.41. The molecule has 0 aliphatic heterocycles. The molecule has 0 aromatic heterocycles. The lowest BCUT2D eigenvalue weighted by Gasteiger charge is -2.30. The van der Waals surface area contributed by atoms with Crippen molar-refractivity contribution in [3.63, 3.8) is 0 Å². The molecule has 2 rings (SSSR count). The van der Waals surface area contributed by atoms with Crippen LogP contribution in [0.4, 0.5) is 0 Å². The molecule has 0 aromatic carbocycles. The lowest BCUT2D eigenvalue weighted by atomic mass is 9.75. The minimum absolute atomic E-state index is 0.464. The van der Waals surface area contributed by atoms with Gasteiger partial charge in [-0.15, -0.1) is 0 Å². The molecule has 3 atom stereocenters. The van der Waals surface area contributed by atoms with Gasteiger partial charge in [0.1, 0.15) is 0 Å². The van der Waals surface area contributed by atoms with Crippen molar-refractivity contribution in [2.75, 3.05) is 0 Å². The zero-order valence-electron chi connectivity index (χ0n) is 14.2. The average molecular weight is 408 g/mol. The lowest BCUT2D eigenvalue weighted by Crippen LogP contribution is -2.16. The Labute approximate surface area is 150 Å². The van der Waals surface area contributed by atoms with Crippen LogP contribution in [0, 0.1) is 17.8 Å². The van der Waals surface area contributed by atoms with Crippen molar-refractivity contribution in [3.05, 3.63) is 57.3 Å². The van der Waals surface area contributed by atoms with Crippen LogP contribution in [0.3, 0.4) is 0 Å². The number of hydrogen-bond acceptors (Lipinski definition) is 0. The van der Waals surface area contributed by atoms with Crippen molar-refractivity contribution in [3.8, 4) is 0 Å². The highest BCUT2D eigenvalue weighted by atomic mass is 127. The first-order valence-electron chi connectivity index (χ1n) is 8.59.